The lowest BCUT2D eigenvalue weighted by Gasteiger charge is -2.18. The van der Waals surface area contributed by atoms with Crippen LogP contribution in [-0.4, -0.2) is 39.1 Å². The van der Waals surface area contributed by atoms with Crippen molar-refractivity contribution in [2.24, 2.45) is 0 Å². The summed E-state index contributed by atoms with van der Waals surface area (Å²) >= 11 is -2.04. The molecule has 0 fully saturated rings. The number of carbonyl (C=O) groups excluding carboxylic acids is 1. The molecular formula is C26H27N3O7S. The van der Waals surface area contributed by atoms with E-state index in [0.717, 1.165) is 5.56 Å². The smallest absolute Gasteiger partial charge is 0.221 e. The summed E-state index contributed by atoms with van der Waals surface area (Å²) in [4.78, 5) is 24.2. The molecule has 3 atom stereocenters. The van der Waals surface area contributed by atoms with Crippen LogP contribution in [-0.2, 0) is 15.9 Å². The van der Waals surface area contributed by atoms with Gasteiger partial charge in [-0.1, -0.05) is 36.4 Å². The average Bonchev–Trinajstić information content (AvgIpc) is 3.25. The van der Waals surface area contributed by atoms with Crippen molar-refractivity contribution in [1.29, 1.82) is 0 Å². The lowest BCUT2D eigenvalue weighted by atomic mass is 9.90. The van der Waals surface area contributed by atoms with Crippen molar-refractivity contribution in [3.8, 4) is 5.75 Å². The summed E-state index contributed by atoms with van der Waals surface area (Å²) in [5, 5.41) is 18.7. The minimum absolute atomic E-state index is 0.103. The van der Waals surface area contributed by atoms with Gasteiger partial charge in [-0.2, -0.15) is 0 Å². The van der Waals surface area contributed by atoms with Gasteiger partial charge < -0.3 is 24.3 Å². The Kier molecular flexibility index (Phi) is 8.04. The zero-order chi connectivity index (χ0) is 26.5. The van der Waals surface area contributed by atoms with E-state index < -0.39 is 28.5 Å². The minimum Gasteiger partial charge on any atom is -0.493 e. The molecule has 3 N–H and O–H groups in total. The predicted octanol–water partition coefficient (Wildman–Crippen LogP) is 4.81. The van der Waals surface area contributed by atoms with Crippen molar-refractivity contribution in [3.05, 3.63) is 81.9 Å². The zero-order valence-electron chi connectivity index (χ0n) is 20.3. The molecule has 1 amide bonds. The van der Waals surface area contributed by atoms with Crippen LogP contribution in [0.4, 0.5) is 5.69 Å². The van der Waals surface area contributed by atoms with Crippen LogP contribution in [0.25, 0.3) is 21.9 Å². The summed E-state index contributed by atoms with van der Waals surface area (Å²) in [7, 11) is 1.50. The molecule has 11 heteroatoms. The standard InChI is InChI=1S/C26H27N3O7S/c1-16(17-6-4-3-5-7-17)28-24(30)12-18(14-29(31)32)20-9-11-23(35-2)26-25(20)21-13-19(27-15-37(33)34)8-10-22(21)36-26/h3-11,13,16,18,27H,12,14-15H2,1-2H3,(H,28,30)(H,33,34)/t16-,18?/m1/s1. The number of rotatable bonds is 11. The van der Waals surface area contributed by atoms with Gasteiger partial charge in [0.25, 0.3) is 0 Å². The molecule has 194 valence electrons. The van der Waals surface area contributed by atoms with E-state index in [4.69, 9.17) is 13.7 Å². The van der Waals surface area contributed by atoms with Gasteiger partial charge in [-0.15, -0.1) is 0 Å². The van der Waals surface area contributed by atoms with Crippen LogP contribution >= 0.6 is 0 Å². The topological polar surface area (TPSA) is 144 Å². The van der Waals surface area contributed by atoms with E-state index in [0.29, 0.717) is 38.9 Å². The average molecular weight is 526 g/mol. The Morgan fingerprint density at radius 2 is 1.95 bits per heavy atom. The van der Waals surface area contributed by atoms with Gasteiger partial charge in [0.15, 0.2) is 22.4 Å². The second kappa shape index (κ2) is 11.4. The van der Waals surface area contributed by atoms with E-state index in [1.807, 2.05) is 37.3 Å². The van der Waals surface area contributed by atoms with Crippen LogP contribution in [0.3, 0.4) is 0 Å². The Balaban J connectivity index is 1.74. The minimum atomic E-state index is -2.04. The normalized spacial score (nSPS) is 13.7. The number of ether oxygens (including phenoxy) is 1. The number of nitro groups is 1. The van der Waals surface area contributed by atoms with Gasteiger partial charge in [0.05, 0.1) is 19.1 Å². The molecule has 0 bridgehead atoms. The van der Waals surface area contributed by atoms with Crippen LogP contribution < -0.4 is 15.4 Å². The van der Waals surface area contributed by atoms with E-state index in [1.54, 1.807) is 30.3 Å². The quantitative estimate of drug-likeness (QED) is 0.144. The third-order valence-corrected chi connectivity index (χ3v) is 6.54. The lowest BCUT2D eigenvalue weighted by Crippen LogP contribution is -2.29. The van der Waals surface area contributed by atoms with E-state index in [1.165, 1.54) is 7.11 Å². The maximum Gasteiger partial charge on any atom is 0.221 e. The molecule has 0 spiro atoms. The van der Waals surface area contributed by atoms with Gasteiger partial charge >= 0.3 is 0 Å². The fourth-order valence-corrected chi connectivity index (χ4v) is 4.73. The largest absolute Gasteiger partial charge is 0.493 e. The molecule has 0 aliphatic rings. The highest BCUT2D eigenvalue weighted by atomic mass is 32.2. The van der Waals surface area contributed by atoms with Gasteiger partial charge in [-0.05, 0) is 42.3 Å². The summed E-state index contributed by atoms with van der Waals surface area (Å²) in [5.41, 5.74) is 3.00. The number of benzene rings is 3. The Bertz CT molecular complexity index is 1460. The van der Waals surface area contributed by atoms with E-state index in [2.05, 4.69) is 10.6 Å². The molecule has 0 saturated carbocycles. The molecule has 0 aliphatic heterocycles. The number of hydrogen-bond acceptors (Lipinski definition) is 7. The first-order chi connectivity index (χ1) is 17.8. The molecule has 0 saturated heterocycles. The van der Waals surface area contributed by atoms with Crippen molar-refractivity contribution in [3.63, 3.8) is 0 Å². The van der Waals surface area contributed by atoms with Crippen molar-refractivity contribution >= 4 is 44.6 Å². The second-order valence-electron chi connectivity index (χ2n) is 8.63. The summed E-state index contributed by atoms with van der Waals surface area (Å²) in [6, 6.07) is 17.8. The fourth-order valence-electron chi connectivity index (χ4n) is 4.44. The Morgan fingerprint density at radius 1 is 1.19 bits per heavy atom. The first-order valence-corrected chi connectivity index (χ1v) is 12.8. The summed E-state index contributed by atoms with van der Waals surface area (Å²) in [6.45, 7) is 1.40. The maximum atomic E-state index is 13.0. The molecule has 3 aromatic carbocycles. The summed E-state index contributed by atoms with van der Waals surface area (Å²) < 4.78 is 31.7. The number of carbonyl (C=O) groups is 1. The Hall–Kier alpha value is -3.96. The number of furan rings is 1. The van der Waals surface area contributed by atoms with E-state index in [9.17, 15) is 19.1 Å². The van der Waals surface area contributed by atoms with Crippen LogP contribution in [0.2, 0.25) is 0 Å². The highest BCUT2D eigenvalue weighted by Crippen LogP contribution is 2.41. The van der Waals surface area contributed by atoms with E-state index >= 15 is 0 Å². The number of nitrogens with zero attached hydrogens (tertiary/aromatic N) is 1. The van der Waals surface area contributed by atoms with Gasteiger partial charge in [0.1, 0.15) is 11.5 Å². The zero-order valence-corrected chi connectivity index (χ0v) is 21.1. The number of fused-ring (bicyclic) bond motifs is 3. The molecule has 10 nitrogen and oxygen atoms in total. The van der Waals surface area contributed by atoms with Crippen LogP contribution in [0.15, 0.2) is 65.1 Å². The molecule has 0 aliphatic carbocycles. The van der Waals surface area contributed by atoms with Crippen molar-refractivity contribution < 1.29 is 27.6 Å². The number of methoxy groups -OCH3 is 1. The first-order valence-electron chi connectivity index (χ1n) is 11.6. The van der Waals surface area contributed by atoms with Crippen LogP contribution in [0.5, 0.6) is 5.75 Å². The molecule has 0 radical (unpaired) electrons. The highest BCUT2D eigenvalue weighted by Gasteiger charge is 2.27. The van der Waals surface area contributed by atoms with E-state index in [-0.39, 0.29) is 24.2 Å². The molecule has 4 rings (SSSR count). The molecule has 37 heavy (non-hydrogen) atoms. The lowest BCUT2D eigenvalue weighted by molar-refractivity contribution is -0.483. The van der Waals surface area contributed by atoms with Gasteiger partial charge in [0.2, 0.25) is 12.5 Å². The number of anilines is 1. The van der Waals surface area contributed by atoms with Crippen molar-refractivity contribution in [2.45, 2.75) is 25.3 Å². The van der Waals surface area contributed by atoms with Gasteiger partial charge in [-0.25, -0.2) is 4.21 Å². The molecule has 4 aromatic rings. The monoisotopic (exact) mass is 525 g/mol. The second-order valence-corrected chi connectivity index (χ2v) is 9.56. The molecule has 2 unspecified atom stereocenters. The number of hydrogen-bond donors (Lipinski definition) is 3. The number of amides is 1. The van der Waals surface area contributed by atoms with Crippen LogP contribution in [0, 0.1) is 10.1 Å². The Morgan fingerprint density at radius 3 is 2.62 bits per heavy atom. The molecular weight excluding hydrogens is 498 g/mol. The highest BCUT2D eigenvalue weighted by molar-refractivity contribution is 7.79. The third-order valence-electron chi connectivity index (χ3n) is 6.15. The van der Waals surface area contributed by atoms with Gasteiger partial charge in [-0.3, -0.25) is 14.9 Å². The summed E-state index contributed by atoms with van der Waals surface area (Å²) in [6.07, 6.45) is -0.103. The maximum absolute atomic E-state index is 13.0. The molecule has 1 aromatic heterocycles. The van der Waals surface area contributed by atoms with Crippen molar-refractivity contribution in [1.82, 2.24) is 5.32 Å². The number of nitrogens with one attached hydrogen (secondary N) is 2. The Labute approximate surface area is 215 Å². The van der Waals surface area contributed by atoms with Crippen molar-refractivity contribution in [2.75, 3.05) is 24.8 Å². The first kappa shape index (κ1) is 26.1. The van der Waals surface area contributed by atoms with Gasteiger partial charge in [0, 0.05) is 27.8 Å². The fraction of sp³-hybridized carbons (Fsp3) is 0.269. The van der Waals surface area contributed by atoms with Crippen LogP contribution in [0.1, 0.15) is 36.4 Å². The SMILES string of the molecule is COc1ccc(C(CC(=O)N[C@H](C)c2ccccc2)C[N+](=O)[O-])c2c1oc1ccc(NCS(=O)O)cc12. The third kappa shape index (κ3) is 6.07. The predicted molar refractivity (Wildman–Crippen MR) is 142 cm³/mol. The summed E-state index contributed by atoms with van der Waals surface area (Å²) in [5.74, 6) is -0.773. The molecule has 1 heterocycles.